The number of morpholine rings is 1. The van der Waals surface area contributed by atoms with E-state index in [1.807, 2.05) is 0 Å². The number of hydrogen-bond acceptors (Lipinski definition) is 4. The van der Waals surface area contributed by atoms with Crippen LogP contribution in [0.15, 0.2) is 0 Å². The van der Waals surface area contributed by atoms with Crippen LogP contribution in [-0.4, -0.2) is 63.5 Å². The molecule has 0 aromatic carbocycles. The van der Waals surface area contributed by atoms with E-state index < -0.39 is 0 Å². The van der Waals surface area contributed by atoms with E-state index in [2.05, 4.69) is 31.0 Å². The van der Waals surface area contributed by atoms with Gasteiger partial charge in [-0.05, 0) is 18.9 Å². The zero-order valence-corrected chi connectivity index (χ0v) is 12.3. The van der Waals surface area contributed by atoms with Gasteiger partial charge in [0, 0.05) is 32.3 Å². The molecule has 4 heteroatoms. The lowest BCUT2D eigenvalue weighted by Crippen LogP contribution is -2.51. The van der Waals surface area contributed by atoms with Gasteiger partial charge in [0.15, 0.2) is 0 Å². The summed E-state index contributed by atoms with van der Waals surface area (Å²) in [6, 6.07) is 0.507. The van der Waals surface area contributed by atoms with Crippen LogP contribution in [0.1, 0.15) is 27.2 Å². The Morgan fingerprint density at radius 1 is 1.44 bits per heavy atom. The molecule has 0 radical (unpaired) electrons. The van der Waals surface area contributed by atoms with Crippen LogP contribution in [0.4, 0.5) is 0 Å². The third kappa shape index (κ3) is 6.69. The summed E-state index contributed by atoms with van der Waals surface area (Å²) in [6.45, 7) is 14.1. The van der Waals surface area contributed by atoms with E-state index in [9.17, 15) is 0 Å². The maximum Gasteiger partial charge on any atom is 0.0634 e. The highest BCUT2D eigenvalue weighted by Gasteiger charge is 2.21. The smallest absolute Gasteiger partial charge is 0.0634 e. The van der Waals surface area contributed by atoms with Gasteiger partial charge in [0.1, 0.15) is 0 Å². The van der Waals surface area contributed by atoms with Crippen molar-refractivity contribution in [3.63, 3.8) is 0 Å². The minimum absolute atomic E-state index is 0.507. The number of nitrogens with one attached hydrogen (secondary N) is 1. The summed E-state index contributed by atoms with van der Waals surface area (Å²) in [4.78, 5) is 2.49. The minimum Gasteiger partial charge on any atom is -0.380 e. The molecule has 4 nitrogen and oxygen atoms in total. The molecule has 0 saturated carbocycles. The lowest BCUT2D eigenvalue weighted by molar-refractivity contribution is -0.0212. The van der Waals surface area contributed by atoms with E-state index in [4.69, 9.17) is 9.47 Å². The predicted octanol–water partition coefficient (Wildman–Crippen LogP) is 1.36. The van der Waals surface area contributed by atoms with E-state index in [-0.39, 0.29) is 0 Å². The van der Waals surface area contributed by atoms with Gasteiger partial charge in [-0.2, -0.15) is 0 Å². The highest BCUT2D eigenvalue weighted by atomic mass is 16.5. The molecule has 1 aliphatic heterocycles. The largest absolute Gasteiger partial charge is 0.380 e. The van der Waals surface area contributed by atoms with E-state index in [1.54, 1.807) is 0 Å². The first kappa shape index (κ1) is 15.9. The summed E-state index contributed by atoms with van der Waals surface area (Å²) >= 11 is 0. The number of ether oxygens (including phenoxy) is 2. The molecule has 1 fully saturated rings. The average Bonchev–Trinajstić information content (AvgIpc) is 2.36. The molecule has 0 amide bonds. The zero-order chi connectivity index (χ0) is 13.2. The monoisotopic (exact) mass is 258 g/mol. The first-order valence-electron chi connectivity index (χ1n) is 7.34. The van der Waals surface area contributed by atoms with Crippen molar-refractivity contribution < 1.29 is 9.47 Å². The molecule has 1 heterocycles. The summed E-state index contributed by atoms with van der Waals surface area (Å²) < 4.78 is 11.2. The molecule has 0 spiro atoms. The fourth-order valence-corrected chi connectivity index (χ4v) is 2.12. The van der Waals surface area contributed by atoms with Gasteiger partial charge >= 0.3 is 0 Å². The van der Waals surface area contributed by atoms with Crippen molar-refractivity contribution in [2.75, 3.05) is 52.6 Å². The molecule has 18 heavy (non-hydrogen) atoms. The van der Waals surface area contributed by atoms with Crippen molar-refractivity contribution >= 4 is 0 Å². The average molecular weight is 258 g/mol. The maximum atomic E-state index is 5.67. The van der Waals surface area contributed by atoms with Gasteiger partial charge in [0.2, 0.25) is 0 Å². The summed E-state index contributed by atoms with van der Waals surface area (Å²) in [7, 11) is 0. The topological polar surface area (TPSA) is 33.7 Å². The van der Waals surface area contributed by atoms with E-state index >= 15 is 0 Å². The van der Waals surface area contributed by atoms with Gasteiger partial charge in [-0.25, -0.2) is 0 Å². The number of nitrogens with zero attached hydrogens (tertiary/aromatic N) is 1. The van der Waals surface area contributed by atoms with Gasteiger partial charge < -0.3 is 14.8 Å². The maximum absolute atomic E-state index is 5.67. The molecular weight excluding hydrogens is 228 g/mol. The molecule has 1 atom stereocenters. The predicted molar refractivity (Wildman–Crippen MR) is 75.0 cm³/mol. The summed E-state index contributed by atoms with van der Waals surface area (Å²) in [6.07, 6.45) is 1.19. The first-order chi connectivity index (χ1) is 8.74. The van der Waals surface area contributed by atoms with Crippen LogP contribution in [0, 0.1) is 5.92 Å². The number of rotatable bonds is 9. The Morgan fingerprint density at radius 3 is 3.00 bits per heavy atom. The van der Waals surface area contributed by atoms with Crippen molar-refractivity contribution in [3.8, 4) is 0 Å². The second kappa shape index (κ2) is 9.73. The third-order valence-electron chi connectivity index (χ3n) is 3.13. The minimum atomic E-state index is 0.507. The molecule has 0 aliphatic carbocycles. The quantitative estimate of drug-likeness (QED) is 0.633. The van der Waals surface area contributed by atoms with Gasteiger partial charge in [-0.1, -0.05) is 20.8 Å². The molecule has 108 valence electrons. The molecule has 0 bridgehead atoms. The Labute approximate surface area is 112 Å². The second-order valence-corrected chi connectivity index (χ2v) is 5.44. The van der Waals surface area contributed by atoms with Gasteiger partial charge in [-0.15, -0.1) is 0 Å². The van der Waals surface area contributed by atoms with Crippen LogP contribution in [-0.2, 0) is 9.47 Å². The molecule has 1 saturated heterocycles. The third-order valence-corrected chi connectivity index (χ3v) is 3.13. The molecule has 0 aromatic rings. The van der Waals surface area contributed by atoms with Crippen LogP contribution in [0.2, 0.25) is 0 Å². The summed E-state index contributed by atoms with van der Waals surface area (Å²) in [5.74, 6) is 0.622. The molecule has 1 N–H and O–H groups in total. The van der Waals surface area contributed by atoms with Crippen molar-refractivity contribution in [3.05, 3.63) is 0 Å². The fourth-order valence-electron chi connectivity index (χ4n) is 2.12. The van der Waals surface area contributed by atoms with Crippen LogP contribution in [0.5, 0.6) is 0 Å². The van der Waals surface area contributed by atoms with E-state index in [0.29, 0.717) is 12.0 Å². The van der Waals surface area contributed by atoms with Gasteiger partial charge in [0.25, 0.3) is 0 Å². The van der Waals surface area contributed by atoms with Crippen LogP contribution in [0.25, 0.3) is 0 Å². The molecule has 0 aromatic heterocycles. The summed E-state index contributed by atoms with van der Waals surface area (Å²) in [5.41, 5.74) is 0. The van der Waals surface area contributed by atoms with Crippen molar-refractivity contribution in [2.24, 2.45) is 5.92 Å². The molecule has 1 aliphatic rings. The zero-order valence-electron chi connectivity index (χ0n) is 12.3. The molecule has 1 unspecified atom stereocenters. The Morgan fingerprint density at radius 2 is 2.28 bits per heavy atom. The Hall–Kier alpha value is -0.160. The summed E-state index contributed by atoms with van der Waals surface area (Å²) in [5, 5.41) is 3.48. The normalized spacial score (nSPS) is 21.7. The lowest BCUT2D eigenvalue weighted by Gasteiger charge is -2.35. The van der Waals surface area contributed by atoms with Crippen molar-refractivity contribution in [1.29, 1.82) is 0 Å². The Bertz CT molecular complexity index is 200. The fraction of sp³-hybridized carbons (Fsp3) is 1.00. The van der Waals surface area contributed by atoms with Crippen LogP contribution in [0.3, 0.4) is 0 Å². The molecule has 1 rings (SSSR count). The molecular formula is C14H30N2O2. The van der Waals surface area contributed by atoms with Crippen LogP contribution >= 0.6 is 0 Å². The van der Waals surface area contributed by atoms with Gasteiger partial charge in [0.05, 0.1) is 19.8 Å². The second-order valence-electron chi connectivity index (χ2n) is 5.44. The van der Waals surface area contributed by atoms with E-state index in [0.717, 1.165) is 52.6 Å². The van der Waals surface area contributed by atoms with Crippen molar-refractivity contribution in [2.45, 2.75) is 33.2 Å². The van der Waals surface area contributed by atoms with E-state index in [1.165, 1.54) is 6.42 Å². The lowest BCUT2D eigenvalue weighted by atomic mass is 10.2. The van der Waals surface area contributed by atoms with Gasteiger partial charge in [-0.3, -0.25) is 4.90 Å². The standard InChI is InChI=1S/C14H30N2O2/c1-4-5-15-10-14-12-18-9-7-16(14)6-8-17-11-13(2)3/h13-15H,4-12H2,1-3H3. The highest BCUT2D eigenvalue weighted by molar-refractivity contribution is 4.77. The number of hydrogen-bond donors (Lipinski definition) is 1. The first-order valence-corrected chi connectivity index (χ1v) is 7.34. The highest BCUT2D eigenvalue weighted by Crippen LogP contribution is 2.06. The Kier molecular flexibility index (Phi) is 8.59. The SMILES string of the molecule is CCCNCC1COCCN1CCOCC(C)C. The van der Waals surface area contributed by atoms with Crippen LogP contribution < -0.4 is 5.32 Å². The van der Waals surface area contributed by atoms with Crippen molar-refractivity contribution in [1.82, 2.24) is 10.2 Å². The Balaban J connectivity index is 2.17.